The van der Waals surface area contributed by atoms with Gasteiger partial charge in [-0.2, -0.15) is 5.26 Å². The third-order valence-electron chi connectivity index (χ3n) is 2.07. The summed E-state index contributed by atoms with van der Waals surface area (Å²) in [4.78, 5) is 4.23. The van der Waals surface area contributed by atoms with Crippen molar-refractivity contribution in [3.8, 4) is 6.07 Å². The molecule has 0 saturated carbocycles. The molecule has 0 spiro atoms. The molecular formula is C11H7ClN2. The highest BCUT2D eigenvalue weighted by molar-refractivity contribution is 6.35. The fourth-order valence-electron chi connectivity index (χ4n) is 1.42. The summed E-state index contributed by atoms with van der Waals surface area (Å²) in [5.41, 5.74) is 1.74. The predicted octanol–water partition coefficient (Wildman–Crippen LogP) is 2.95. The van der Waals surface area contributed by atoms with Gasteiger partial charge in [0.1, 0.15) is 0 Å². The minimum Gasteiger partial charge on any atom is -0.256 e. The second-order valence-corrected chi connectivity index (χ2v) is 3.35. The molecule has 2 rings (SSSR count). The molecule has 0 amide bonds. The molecule has 1 aromatic heterocycles. The number of benzene rings is 1. The molecule has 0 bridgehead atoms. The number of hydrogen-bond donors (Lipinski definition) is 0. The summed E-state index contributed by atoms with van der Waals surface area (Å²) < 4.78 is 0. The Kier molecular flexibility index (Phi) is 2.34. The summed E-state index contributed by atoms with van der Waals surface area (Å²) in [6, 6.07) is 9.51. The first-order valence-electron chi connectivity index (χ1n) is 4.22. The van der Waals surface area contributed by atoms with Gasteiger partial charge in [0.2, 0.25) is 0 Å². The summed E-state index contributed by atoms with van der Waals surface area (Å²) in [5, 5.41) is 10.2. The molecule has 0 radical (unpaired) electrons. The van der Waals surface area contributed by atoms with Gasteiger partial charge in [-0.05, 0) is 23.8 Å². The first-order chi connectivity index (χ1) is 6.83. The molecule has 0 unspecified atom stereocenters. The van der Waals surface area contributed by atoms with Crippen molar-refractivity contribution in [1.29, 1.82) is 5.26 Å². The molecule has 0 fully saturated rings. The van der Waals surface area contributed by atoms with Crippen molar-refractivity contribution in [1.82, 2.24) is 4.98 Å². The number of hydrogen-bond acceptors (Lipinski definition) is 2. The summed E-state index contributed by atoms with van der Waals surface area (Å²) in [5.74, 6) is 0. The van der Waals surface area contributed by atoms with E-state index >= 15 is 0 Å². The first kappa shape index (κ1) is 8.98. The van der Waals surface area contributed by atoms with Gasteiger partial charge in [-0.1, -0.05) is 17.7 Å². The highest BCUT2D eigenvalue weighted by Crippen LogP contribution is 2.24. The van der Waals surface area contributed by atoms with Crippen LogP contribution in [0.2, 0.25) is 5.02 Å². The van der Waals surface area contributed by atoms with Crippen LogP contribution in [-0.2, 0) is 6.42 Å². The molecule has 0 aliphatic heterocycles. The van der Waals surface area contributed by atoms with E-state index in [1.165, 1.54) is 0 Å². The number of rotatable bonds is 1. The zero-order valence-corrected chi connectivity index (χ0v) is 8.12. The quantitative estimate of drug-likeness (QED) is 0.713. The highest BCUT2D eigenvalue weighted by Gasteiger charge is 2.04. The van der Waals surface area contributed by atoms with Gasteiger partial charge in [0.05, 0.1) is 18.0 Å². The minimum absolute atomic E-state index is 0.366. The molecule has 2 nitrogen and oxygen atoms in total. The normalized spacial score (nSPS) is 10.0. The van der Waals surface area contributed by atoms with Gasteiger partial charge in [-0.15, -0.1) is 0 Å². The number of aromatic nitrogens is 1. The Balaban J connectivity index is 2.76. The van der Waals surface area contributed by atoms with E-state index in [2.05, 4.69) is 11.1 Å². The Labute approximate surface area is 86.8 Å². The van der Waals surface area contributed by atoms with Crippen molar-refractivity contribution in [3.05, 3.63) is 41.0 Å². The van der Waals surface area contributed by atoms with Crippen LogP contribution in [0.3, 0.4) is 0 Å². The second-order valence-electron chi connectivity index (χ2n) is 2.94. The Morgan fingerprint density at radius 1 is 1.36 bits per heavy atom. The van der Waals surface area contributed by atoms with Crippen LogP contribution in [0, 0.1) is 11.3 Å². The smallest absolute Gasteiger partial charge is 0.0759 e. The highest BCUT2D eigenvalue weighted by atomic mass is 35.5. The number of halogens is 1. The molecule has 0 saturated heterocycles. The van der Waals surface area contributed by atoms with E-state index < -0.39 is 0 Å². The molecule has 2 aromatic rings. The van der Waals surface area contributed by atoms with Crippen LogP contribution in [0.5, 0.6) is 0 Å². The van der Waals surface area contributed by atoms with Crippen molar-refractivity contribution in [2.24, 2.45) is 0 Å². The number of fused-ring (bicyclic) bond motifs is 1. The van der Waals surface area contributed by atoms with Gasteiger partial charge >= 0.3 is 0 Å². The van der Waals surface area contributed by atoms with E-state index in [4.69, 9.17) is 16.9 Å². The van der Waals surface area contributed by atoms with Gasteiger partial charge in [-0.3, -0.25) is 4.98 Å². The van der Waals surface area contributed by atoms with Crippen molar-refractivity contribution >= 4 is 22.5 Å². The van der Waals surface area contributed by atoms with E-state index in [1.54, 1.807) is 12.3 Å². The first-order valence-corrected chi connectivity index (χ1v) is 4.60. The Morgan fingerprint density at radius 3 is 3.00 bits per heavy atom. The molecule has 0 N–H and O–H groups in total. The predicted molar refractivity (Wildman–Crippen MR) is 56.1 cm³/mol. The molecule has 0 aliphatic rings. The lowest BCUT2D eigenvalue weighted by Gasteiger charge is -2.03. The van der Waals surface area contributed by atoms with Crippen LogP contribution in [0.4, 0.5) is 0 Å². The lowest BCUT2D eigenvalue weighted by Crippen LogP contribution is -1.87. The number of nitrogens with zero attached hydrogens (tertiary/aromatic N) is 2. The van der Waals surface area contributed by atoms with Crippen LogP contribution in [-0.4, -0.2) is 4.98 Å². The molecule has 1 aromatic carbocycles. The molecule has 0 atom stereocenters. The summed E-state index contributed by atoms with van der Waals surface area (Å²) in [6.45, 7) is 0. The van der Waals surface area contributed by atoms with Crippen LogP contribution < -0.4 is 0 Å². The molecule has 14 heavy (non-hydrogen) atoms. The van der Waals surface area contributed by atoms with E-state index in [-0.39, 0.29) is 0 Å². The average molecular weight is 203 g/mol. The number of nitriles is 1. The fourth-order valence-corrected chi connectivity index (χ4v) is 1.64. The summed E-state index contributed by atoms with van der Waals surface area (Å²) >= 11 is 6.01. The lowest BCUT2D eigenvalue weighted by molar-refractivity contribution is 1.26. The largest absolute Gasteiger partial charge is 0.256 e. The summed E-state index contributed by atoms with van der Waals surface area (Å²) in [6.07, 6.45) is 2.07. The molecule has 3 heteroatoms. The average Bonchev–Trinajstić information content (AvgIpc) is 2.23. The maximum atomic E-state index is 8.64. The van der Waals surface area contributed by atoms with E-state index in [9.17, 15) is 0 Å². The summed E-state index contributed by atoms with van der Waals surface area (Å²) in [7, 11) is 0. The van der Waals surface area contributed by atoms with Crippen molar-refractivity contribution in [2.45, 2.75) is 6.42 Å². The fraction of sp³-hybridized carbons (Fsp3) is 0.0909. The van der Waals surface area contributed by atoms with Gasteiger partial charge in [-0.25, -0.2) is 0 Å². The molecular weight excluding hydrogens is 196 g/mol. The number of pyridine rings is 1. The maximum Gasteiger partial charge on any atom is 0.0759 e. The Hall–Kier alpha value is -1.59. The Morgan fingerprint density at radius 2 is 2.21 bits per heavy atom. The van der Waals surface area contributed by atoms with Gasteiger partial charge < -0.3 is 0 Å². The van der Waals surface area contributed by atoms with E-state index in [0.717, 1.165) is 16.5 Å². The van der Waals surface area contributed by atoms with Crippen molar-refractivity contribution in [3.63, 3.8) is 0 Å². The Bertz CT molecular complexity index is 514. The molecule has 1 heterocycles. The van der Waals surface area contributed by atoms with Crippen LogP contribution in [0.25, 0.3) is 10.9 Å². The molecule has 68 valence electrons. The topological polar surface area (TPSA) is 36.7 Å². The third-order valence-corrected chi connectivity index (χ3v) is 2.40. The molecule has 0 aliphatic carbocycles. The van der Waals surface area contributed by atoms with Crippen LogP contribution >= 0.6 is 11.6 Å². The SMILES string of the molecule is N#CCc1ccc(Cl)c2cccnc12. The second kappa shape index (κ2) is 3.65. The maximum absolute atomic E-state index is 8.64. The monoisotopic (exact) mass is 202 g/mol. The standard InChI is InChI=1S/C11H7ClN2/c12-10-4-3-8(5-6-13)11-9(10)2-1-7-14-11/h1-4,7H,5H2. The minimum atomic E-state index is 0.366. The van der Waals surface area contributed by atoms with Gasteiger partial charge in [0.15, 0.2) is 0 Å². The van der Waals surface area contributed by atoms with Crippen LogP contribution in [0.1, 0.15) is 5.56 Å². The zero-order valence-electron chi connectivity index (χ0n) is 7.37. The van der Waals surface area contributed by atoms with E-state index in [1.807, 2.05) is 18.2 Å². The van der Waals surface area contributed by atoms with Crippen molar-refractivity contribution < 1.29 is 0 Å². The van der Waals surface area contributed by atoms with Crippen LogP contribution in [0.15, 0.2) is 30.5 Å². The third kappa shape index (κ3) is 1.43. The van der Waals surface area contributed by atoms with E-state index in [0.29, 0.717) is 11.4 Å². The van der Waals surface area contributed by atoms with Gasteiger partial charge in [0, 0.05) is 16.6 Å². The zero-order chi connectivity index (χ0) is 9.97. The van der Waals surface area contributed by atoms with Crippen molar-refractivity contribution in [2.75, 3.05) is 0 Å². The lowest BCUT2D eigenvalue weighted by atomic mass is 10.1. The van der Waals surface area contributed by atoms with Gasteiger partial charge in [0.25, 0.3) is 0 Å².